The number of nitrogens with one attached hydrogen (secondary N) is 1. The minimum Gasteiger partial charge on any atom is -0.326 e. The molecule has 1 fully saturated rings. The Labute approximate surface area is 119 Å². The van der Waals surface area contributed by atoms with Gasteiger partial charge in [0.1, 0.15) is 4.21 Å². The smallest absolute Gasteiger partial charge is 0.250 e. The number of rotatable bonds is 4. The first-order valence-corrected chi connectivity index (χ1v) is 8.97. The van der Waals surface area contributed by atoms with Crippen molar-refractivity contribution in [1.82, 2.24) is 4.72 Å². The zero-order valence-electron chi connectivity index (χ0n) is 11.6. The van der Waals surface area contributed by atoms with Gasteiger partial charge in [-0.3, -0.25) is 0 Å². The van der Waals surface area contributed by atoms with Crippen molar-refractivity contribution in [3.8, 4) is 0 Å². The molecule has 0 radical (unpaired) electrons. The first-order chi connectivity index (χ1) is 8.85. The van der Waals surface area contributed by atoms with Gasteiger partial charge in [0.15, 0.2) is 0 Å². The minimum atomic E-state index is -3.40. The van der Waals surface area contributed by atoms with Crippen molar-refractivity contribution in [1.29, 1.82) is 0 Å². The second-order valence-corrected chi connectivity index (χ2v) is 8.59. The first-order valence-electron chi connectivity index (χ1n) is 6.67. The topological polar surface area (TPSA) is 72.2 Å². The molecular weight excluding hydrogens is 280 g/mol. The molecule has 3 N–H and O–H groups in total. The zero-order chi connectivity index (χ0) is 14.2. The maximum Gasteiger partial charge on any atom is 0.250 e. The van der Waals surface area contributed by atoms with Gasteiger partial charge in [-0.15, -0.1) is 11.3 Å². The fourth-order valence-corrected chi connectivity index (χ4v) is 5.46. The number of hydrogen-bond donors (Lipinski definition) is 2. The highest BCUT2D eigenvalue weighted by Gasteiger charge is 2.33. The average Bonchev–Trinajstić information content (AvgIpc) is 2.87. The van der Waals surface area contributed by atoms with E-state index in [-0.39, 0.29) is 6.04 Å². The number of aryl methyl sites for hydroxylation is 1. The average molecular weight is 302 g/mol. The van der Waals surface area contributed by atoms with Gasteiger partial charge < -0.3 is 5.73 Å². The second-order valence-electron chi connectivity index (χ2n) is 5.52. The molecule has 0 spiro atoms. The second kappa shape index (κ2) is 5.52. The van der Waals surface area contributed by atoms with Crippen molar-refractivity contribution >= 4 is 21.4 Å². The summed E-state index contributed by atoms with van der Waals surface area (Å²) in [5, 5.41) is 0. The number of sulfonamides is 1. The van der Waals surface area contributed by atoms with E-state index < -0.39 is 10.0 Å². The van der Waals surface area contributed by atoms with E-state index in [1.807, 2.05) is 6.92 Å². The van der Waals surface area contributed by atoms with E-state index in [4.69, 9.17) is 5.73 Å². The van der Waals surface area contributed by atoms with Crippen LogP contribution in [0.3, 0.4) is 0 Å². The molecule has 4 nitrogen and oxygen atoms in total. The molecule has 0 amide bonds. The van der Waals surface area contributed by atoms with E-state index >= 15 is 0 Å². The largest absolute Gasteiger partial charge is 0.326 e. The van der Waals surface area contributed by atoms with Gasteiger partial charge in [-0.25, -0.2) is 13.1 Å². The molecule has 19 heavy (non-hydrogen) atoms. The molecule has 3 unspecified atom stereocenters. The van der Waals surface area contributed by atoms with Crippen LogP contribution in [0.25, 0.3) is 0 Å². The van der Waals surface area contributed by atoms with Crippen molar-refractivity contribution in [3.05, 3.63) is 16.5 Å². The molecule has 0 saturated heterocycles. The summed E-state index contributed by atoms with van der Waals surface area (Å²) in [6.45, 7) is 6.59. The summed E-state index contributed by atoms with van der Waals surface area (Å²) in [7, 11) is -3.40. The number of hydrogen-bond acceptors (Lipinski definition) is 4. The SMILES string of the molecule is Cc1cc(S(=O)(=O)NC2CCC(C)C2C)sc1CN. The van der Waals surface area contributed by atoms with E-state index in [0.717, 1.165) is 23.3 Å². The van der Waals surface area contributed by atoms with Crippen LogP contribution >= 0.6 is 11.3 Å². The van der Waals surface area contributed by atoms with Crippen LogP contribution < -0.4 is 10.5 Å². The fourth-order valence-electron chi connectivity index (χ4n) is 2.61. The van der Waals surface area contributed by atoms with Gasteiger partial charge in [0.25, 0.3) is 0 Å². The van der Waals surface area contributed by atoms with E-state index in [0.29, 0.717) is 22.6 Å². The summed E-state index contributed by atoms with van der Waals surface area (Å²) < 4.78 is 28.0. The molecule has 1 saturated carbocycles. The van der Waals surface area contributed by atoms with Gasteiger partial charge in [0.2, 0.25) is 10.0 Å². The predicted octanol–water partition coefficient (Wildman–Crippen LogP) is 2.23. The molecule has 0 bridgehead atoms. The van der Waals surface area contributed by atoms with Gasteiger partial charge in [0.05, 0.1) is 0 Å². The highest BCUT2D eigenvalue weighted by atomic mass is 32.2. The lowest BCUT2D eigenvalue weighted by molar-refractivity contribution is 0.402. The maximum atomic E-state index is 12.4. The Morgan fingerprint density at radius 1 is 1.42 bits per heavy atom. The Hall–Kier alpha value is -0.430. The van der Waals surface area contributed by atoms with Crippen LogP contribution in [0.15, 0.2) is 10.3 Å². The lowest BCUT2D eigenvalue weighted by Gasteiger charge is -2.19. The molecule has 1 aliphatic rings. The lowest BCUT2D eigenvalue weighted by Crippen LogP contribution is -2.36. The van der Waals surface area contributed by atoms with E-state index in [1.165, 1.54) is 11.3 Å². The molecule has 6 heteroatoms. The van der Waals surface area contributed by atoms with Gasteiger partial charge in [0, 0.05) is 17.5 Å². The van der Waals surface area contributed by atoms with Crippen LogP contribution in [0.2, 0.25) is 0 Å². The number of nitrogens with two attached hydrogens (primary N) is 1. The molecular formula is C13H22N2O2S2. The Kier molecular flexibility index (Phi) is 4.35. The summed E-state index contributed by atoms with van der Waals surface area (Å²) in [6.07, 6.45) is 2.02. The monoisotopic (exact) mass is 302 g/mol. The van der Waals surface area contributed by atoms with Gasteiger partial charge in [-0.05, 0) is 43.2 Å². The van der Waals surface area contributed by atoms with Crippen LogP contribution in [0.4, 0.5) is 0 Å². The maximum absolute atomic E-state index is 12.4. The van der Waals surface area contributed by atoms with E-state index in [1.54, 1.807) is 6.07 Å². The van der Waals surface area contributed by atoms with Crippen molar-refractivity contribution in [3.63, 3.8) is 0 Å². The quantitative estimate of drug-likeness (QED) is 0.896. The lowest BCUT2D eigenvalue weighted by atomic mass is 9.98. The summed E-state index contributed by atoms with van der Waals surface area (Å²) in [4.78, 5) is 0.938. The standard InChI is InChI=1S/C13H22N2O2S2/c1-8-4-5-11(10(8)3)15-19(16,17)13-6-9(2)12(7-14)18-13/h6,8,10-11,15H,4-5,7,14H2,1-3H3. The summed E-state index contributed by atoms with van der Waals surface area (Å²) in [5.74, 6) is 0.974. The molecule has 0 aliphatic heterocycles. The Morgan fingerprint density at radius 2 is 2.11 bits per heavy atom. The van der Waals surface area contributed by atoms with Gasteiger partial charge >= 0.3 is 0 Å². The molecule has 1 aliphatic carbocycles. The molecule has 108 valence electrons. The molecule has 3 atom stereocenters. The highest BCUT2D eigenvalue weighted by Crippen LogP contribution is 2.33. The highest BCUT2D eigenvalue weighted by molar-refractivity contribution is 7.91. The summed E-state index contributed by atoms with van der Waals surface area (Å²) in [6, 6.07) is 1.78. The number of thiophene rings is 1. The first kappa shape index (κ1) is 15.0. The van der Waals surface area contributed by atoms with Crippen LogP contribution in [-0.4, -0.2) is 14.5 Å². The van der Waals surface area contributed by atoms with Crippen LogP contribution in [0, 0.1) is 18.8 Å². The van der Waals surface area contributed by atoms with Gasteiger partial charge in [-0.1, -0.05) is 13.8 Å². The van der Waals surface area contributed by atoms with Gasteiger partial charge in [-0.2, -0.15) is 0 Å². The van der Waals surface area contributed by atoms with Crippen molar-refractivity contribution in [2.45, 2.75) is 50.4 Å². The van der Waals surface area contributed by atoms with E-state index in [2.05, 4.69) is 18.6 Å². The predicted molar refractivity (Wildman–Crippen MR) is 78.6 cm³/mol. The van der Waals surface area contributed by atoms with Crippen LogP contribution in [0.1, 0.15) is 37.1 Å². The third-order valence-electron chi connectivity index (χ3n) is 4.22. The third kappa shape index (κ3) is 3.02. The van der Waals surface area contributed by atoms with E-state index in [9.17, 15) is 8.42 Å². The van der Waals surface area contributed by atoms with Crippen LogP contribution in [0.5, 0.6) is 0 Å². The van der Waals surface area contributed by atoms with Crippen LogP contribution in [-0.2, 0) is 16.6 Å². The normalized spacial score (nSPS) is 27.9. The minimum absolute atomic E-state index is 0.0590. The van der Waals surface area contributed by atoms with Crippen molar-refractivity contribution < 1.29 is 8.42 Å². The Bertz CT molecular complexity index is 551. The third-order valence-corrected chi connectivity index (χ3v) is 7.44. The molecule has 1 heterocycles. The zero-order valence-corrected chi connectivity index (χ0v) is 13.3. The molecule has 1 aromatic rings. The molecule has 1 aromatic heterocycles. The van der Waals surface area contributed by atoms with Crippen molar-refractivity contribution in [2.24, 2.45) is 17.6 Å². The molecule has 2 rings (SSSR count). The van der Waals surface area contributed by atoms with Crippen molar-refractivity contribution in [2.75, 3.05) is 0 Å². The Balaban J connectivity index is 2.18. The summed E-state index contributed by atoms with van der Waals surface area (Å²) in [5.41, 5.74) is 6.57. The molecule has 0 aromatic carbocycles. The fraction of sp³-hybridized carbons (Fsp3) is 0.692. The Morgan fingerprint density at radius 3 is 2.58 bits per heavy atom. The summed E-state index contributed by atoms with van der Waals surface area (Å²) >= 11 is 1.28.